The van der Waals surface area contributed by atoms with Crippen LogP contribution in [0.15, 0.2) is 18.2 Å². The van der Waals surface area contributed by atoms with E-state index in [-0.39, 0.29) is 30.7 Å². The molecule has 0 saturated carbocycles. The Morgan fingerprint density at radius 2 is 1.88 bits per heavy atom. The van der Waals surface area contributed by atoms with E-state index >= 15 is 0 Å². The average Bonchev–Trinajstić information content (AvgIpc) is 3.27. The minimum absolute atomic E-state index is 0.126. The summed E-state index contributed by atoms with van der Waals surface area (Å²) in [7, 11) is 2.99. The van der Waals surface area contributed by atoms with E-state index in [0.29, 0.717) is 42.2 Å². The molecule has 1 aliphatic heterocycles. The highest BCUT2D eigenvalue weighted by Crippen LogP contribution is 2.29. The fourth-order valence-electron chi connectivity index (χ4n) is 5.07. The van der Waals surface area contributed by atoms with E-state index < -0.39 is 29.6 Å². The van der Waals surface area contributed by atoms with Gasteiger partial charge in [0.15, 0.2) is 5.82 Å². The lowest BCUT2D eigenvalue weighted by Gasteiger charge is -2.42. The first-order chi connectivity index (χ1) is 18.9. The first kappa shape index (κ1) is 31.7. The number of halogens is 1. The van der Waals surface area contributed by atoms with Gasteiger partial charge in [0.2, 0.25) is 0 Å². The number of likely N-dealkylation sites (tertiary alicyclic amines) is 1. The largest absolute Gasteiger partial charge is 0.469 e. The molecule has 0 N–H and O–H groups in total. The smallest absolute Gasteiger partial charge is 0.410 e. The molecular weight excluding hydrogens is 536 g/mol. The number of methoxy groups -OCH3 is 2. The van der Waals surface area contributed by atoms with Crippen LogP contribution in [-0.4, -0.2) is 89.4 Å². The number of rotatable bonds is 10. The molecule has 2 heterocycles. The first-order valence-corrected chi connectivity index (χ1v) is 14.2. The molecule has 222 valence electrons. The summed E-state index contributed by atoms with van der Waals surface area (Å²) in [6, 6.07) is 5.00. The van der Waals surface area contributed by atoms with Gasteiger partial charge in [-0.3, -0.25) is 9.59 Å². The number of nitrogens with zero attached hydrogens (tertiary/aromatic N) is 4. The summed E-state index contributed by atoms with van der Waals surface area (Å²) < 4.78 is 17.8. The van der Waals surface area contributed by atoms with Crippen LogP contribution in [0, 0.1) is 11.8 Å². The predicted octanol–water partition coefficient (Wildman–Crippen LogP) is 5.01. The van der Waals surface area contributed by atoms with Gasteiger partial charge in [-0.05, 0) is 58.1 Å². The molecule has 3 rings (SSSR count). The molecule has 2 amide bonds. The molecule has 2 unspecified atom stereocenters. The second-order valence-electron chi connectivity index (χ2n) is 11.7. The molecule has 2 atom stereocenters. The number of imidazole rings is 1. The summed E-state index contributed by atoms with van der Waals surface area (Å²) in [4.78, 5) is 48.1. The van der Waals surface area contributed by atoms with Crippen molar-refractivity contribution in [2.75, 3.05) is 40.5 Å². The second-order valence-corrected chi connectivity index (χ2v) is 12.1. The van der Waals surface area contributed by atoms with E-state index in [4.69, 9.17) is 30.8 Å². The van der Waals surface area contributed by atoms with E-state index in [9.17, 15) is 14.4 Å². The topological polar surface area (TPSA) is 103 Å². The van der Waals surface area contributed by atoms with Gasteiger partial charge in [-0.15, -0.1) is 0 Å². The number of aromatic nitrogens is 2. The quantitative estimate of drug-likeness (QED) is 0.288. The number of benzene rings is 1. The van der Waals surface area contributed by atoms with Crippen LogP contribution in [0.4, 0.5) is 4.79 Å². The number of ether oxygens (including phenoxy) is 3. The highest BCUT2D eigenvalue weighted by Gasteiger charge is 2.41. The molecule has 0 spiro atoms. The predicted molar refractivity (Wildman–Crippen MR) is 153 cm³/mol. The molecule has 10 nitrogen and oxygen atoms in total. The number of aryl methyl sites for hydroxylation is 1. The minimum Gasteiger partial charge on any atom is -0.469 e. The molecule has 2 aromatic rings. The van der Waals surface area contributed by atoms with Gasteiger partial charge in [-0.25, -0.2) is 9.78 Å². The number of carbonyl (C=O) groups excluding carboxylic acids is 3. The summed E-state index contributed by atoms with van der Waals surface area (Å²) in [5, 5.41) is 0.519. The van der Waals surface area contributed by atoms with Gasteiger partial charge in [0.1, 0.15) is 5.60 Å². The van der Waals surface area contributed by atoms with Crippen LogP contribution < -0.4 is 0 Å². The van der Waals surface area contributed by atoms with Crippen LogP contribution in [0.5, 0.6) is 0 Å². The molecular formula is C29H43ClN4O6. The molecule has 0 aliphatic carbocycles. The molecule has 0 radical (unpaired) electrons. The van der Waals surface area contributed by atoms with Crippen LogP contribution >= 0.6 is 11.6 Å². The Morgan fingerprint density at radius 1 is 1.15 bits per heavy atom. The number of esters is 1. The van der Waals surface area contributed by atoms with E-state index in [1.54, 1.807) is 38.8 Å². The Kier molecular flexibility index (Phi) is 10.8. The molecule has 0 bridgehead atoms. The molecule has 11 heteroatoms. The lowest BCUT2D eigenvalue weighted by molar-refractivity contribution is -0.148. The van der Waals surface area contributed by atoms with Crippen molar-refractivity contribution in [2.24, 2.45) is 11.8 Å². The van der Waals surface area contributed by atoms with Crippen molar-refractivity contribution < 1.29 is 28.6 Å². The lowest BCUT2D eigenvalue weighted by Crippen LogP contribution is -2.57. The number of fused-ring (bicyclic) bond motifs is 1. The van der Waals surface area contributed by atoms with Crippen molar-refractivity contribution in [3.05, 3.63) is 29.0 Å². The second kappa shape index (κ2) is 13.7. The van der Waals surface area contributed by atoms with Gasteiger partial charge in [0, 0.05) is 39.9 Å². The number of para-hydroxylation sites is 1. The van der Waals surface area contributed by atoms with Gasteiger partial charge in [0.05, 0.1) is 35.1 Å². The van der Waals surface area contributed by atoms with Crippen molar-refractivity contribution in [1.82, 2.24) is 19.4 Å². The summed E-state index contributed by atoms with van der Waals surface area (Å²) in [5.74, 6) is -0.883. The number of hydrogen-bond donors (Lipinski definition) is 0. The zero-order valence-corrected chi connectivity index (χ0v) is 25.5. The maximum absolute atomic E-state index is 14.3. The molecule has 40 heavy (non-hydrogen) atoms. The van der Waals surface area contributed by atoms with E-state index in [1.807, 2.05) is 30.5 Å². The normalized spacial score (nSPS) is 17.8. The van der Waals surface area contributed by atoms with Gasteiger partial charge in [0.25, 0.3) is 5.91 Å². The monoisotopic (exact) mass is 578 g/mol. The Morgan fingerprint density at radius 3 is 2.50 bits per heavy atom. The van der Waals surface area contributed by atoms with Gasteiger partial charge in [-0.1, -0.05) is 31.5 Å². The maximum atomic E-state index is 14.3. The number of hydrogen-bond acceptors (Lipinski definition) is 7. The summed E-state index contributed by atoms with van der Waals surface area (Å²) in [6.45, 7) is 11.4. The van der Waals surface area contributed by atoms with Crippen LogP contribution in [0.25, 0.3) is 11.0 Å². The number of unbranched alkanes of at least 4 members (excludes halogenated alkanes) is 1. The van der Waals surface area contributed by atoms with Crippen molar-refractivity contribution in [1.29, 1.82) is 0 Å². The fraction of sp³-hybridized carbons (Fsp3) is 0.655. The van der Waals surface area contributed by atoms with Crippen LogP contribution in [0.2, 0.25) is 5.02 Å². The fourth-order valence-corrected chi connectivity index (χ4v) is 5.34. The molecule has 1 saturated heterocycles. The summed E-state index contributed by atoms with van der Waals surface area (Å²) in [5.41, 5.74) is 0.644. The van der Waals surface area contributed by atoms with Gasteiger partial charge in [-0.2, -0.15) is 0 Å². The Balaban J connectivity index is 2.02. The SMILES string of the molecule is COCCCCn1c(C(=O)N(CC(C)C)C2CC(C(=O)OC)CN(C(=O)OC(C)(C)C)C2)nc2cccc(Cl)c21. The van der Waals surface area contributed by atoms with Crippen molar-refractivity contribution in [2.45, 2.75) is 72.1 Å². The standard InChI is InChI=1S/C29H43ClN4O6/c1-19(2)16-34(21-15-20(27(36)39-7)17-32(18-21)28(37)40-29(3,4)5)26(35)25-31-23-12-10-11-22(30)24(23)33(25)13-8-9-14-38-6/h10-12,19-21H,8-9,13-18H2,1-7H3. The number of piperidine rings is 1. The highest BCUT2D eigenvalue weighted by molar-refractivity contribution is 6.35. The Bertz CT molecular complexity index is 1190. The van der Waals surface area contributed by atoms with Crippen molar-refractivity contribution in [3.8, 4) is 0 Å². The van der Waals surface area contributed by atoms with Crippen LogP contribution in [0.3, 0.4) is 0 Å². The van der Waals surface area contributed by atoms with E-state index in [0.717, 1.165) is 12.8 Å². The first-order valence-electron chi connectivity index (χ1n) is 13.9. The molecule has 1 fully saturated rings. The zero-order chi connectivity index (χ0) is 29.6. The summed E-state index contributed by atoms with van der Waals surface area (Å²) in [6.07, 6.45) is 1.42. The highest BCUT2D eigenvalue weighted by atomic mass is 35.5. The molecule has 1 aromatic carbocycles. The third-order valence-electron chi connectivity index (χ3n) is 6.77. The average molecular weight is 579 g/mol. The minimum atomic E-state index is -0.703. The van der Waals surface area contributed by atoms with E-state index in [1.165, 1.54) is 12.0 Å². The third kappa shape index (κ3) is 7.87. The Labute approximate surface area is 241 Å². The summed E-state index contributed by atoms with van der Waals surface area (Å²) >= 11 is 6.59. The van der Waals surface area contributed by atoms with Crippen molar-refractivity contribution >= 4 is 40.6 Å². The van der Waals surface area contributed by atoms with Crippen LogP contribution in [0.1, 0.15) is 64.5 Å². The zero-order valence-electron chi connectivity index (χ0n) is 24.7. The maximum Gasteiger partial charge on any atom is 0.410 e. The third-order valence-corrected chi connectivity index (χ3v) is 7.07. The van der Waals surface area contributed by atoms with E-state index in [2.05, 4.69) is 0 Å². The van der Waals surface area contributed by atoms with Crippen LogP contribution in [-0.2, 0) is 25.5 Å². The van der Waals surface area contributed by atoms with Crippen molar-refractivity contribution in [3.63, 3.8) is 0 Å². The number of carbonyl (C=O) groups is 3. The Hall–Kier alpha value is -2.85. The van der Waals surface area contributed by atoms with Gasteiger partial charge >= 0.3 is 12.1 Å². The van der Waals surface area contributed by atoms with Gasteiger partial charge < -0.3 is 28.6 Å². The molecule has 1 aromatic heterocycles. The lowest BCUT2D eigenvalue weighted by atomic mass is 9.92. The molecule has 1 aliphatic rings. The number of amides is 2.